The molecule has 0 aliphatic rings. The minimum Gasteiger partial charge on any atom is -0.462 e. The van der Waals surface area contributed by atoms with Gasteiger partial charge in [0.15, 0.2) is 0 Å². The number of para-hydroxylation sites is 1. The second kappa shape index (κ2) is 7.95. The van der Waals surface area contributed by atoms with Crippen LogP contribution in [0.15, 0.2) is 72.4 Å². The van der Waals surface area contributed by atoms with Crippen LogP contribution >= 0.6 is 0 Å². The number of hydrogen-bond donors (Lipinski definition) is 0. The molecule has 0 saturated heterocycles. The number of ether oxygens (including phenoxy) is 1. The molecule has 0 saturated carbocycles. The molecule has 5 heteroatoms. The summed E-state index contributed by atoms with van der Waals surface area (Å²) in [6.45, 7) is 1.92. The Morgan fingerprint density at radius 2 is 1.81 bits per heavy atom. The smallest absolute Gasteiger partial charge is 0.348 e. The SMILES string of the molecule is CCOC(=O)C(C#N)=Cc1cn(-c2ccccc2)nc1-c1ccccc1. The van der Waals surface area contributed by atoms with Crippen LogP contribution in [0.2, 0.25) is 0 Å². The summed E-state index contributed by atoms with van der Waals surface area (Å²) in [7, 11) is 0. The van der Waals surface area contributed by atoms with E-state index in [1.165, 1.54) is 6.08 Å². The number of nitrogens with zero attached hydrogens (tertiary/aromatic N) is 3. The zero-order chi connectivity index (χ0) is 18.4. The third-order valence-electron chi connectivity index (χ3n) is 3.73. The van der Waals surface area contributed by atoms with Crippen molar-refractivity contribution in [1.82, 2.24) is 9.78 Å². The Kier molecular flexibility index (Phi) is 5.25. The third kappa shape index (κ3) is 3.70. The summed E-state index contributed by atoms with van der Waals surface area (Å²) < 4.78 is 6.68. The van der Waals surface area contributed by atoms with E-state index in [2.05, 4.69) is 5.10 Å². The molecular weight excluding hydrogens is 326 g/mol. The van der Waals surface area contributed by atoms with Crippen molar-refractivity contribution in [2.24, 2.45) is 0 Å². The molecule has 0 amide bonds. The summed E-state index contributed by atoms with van der Waals surface area (Å²) in [4.78, 5) is 12.0. The molecule has 0 bridgehead atoms. The molecule has 0 unspecified atom stereocenters. The largest absolute Gasteiger partial charge is 0.462 e. The van der Waals surface area contributed by atoms with Gasteiger partial charge >= 0.3 is 5.97 Å². The Balaban J connectivity index is 2.12. The van der Waals surface area contributed by atoms with Crippen LogP contribution < -0.4 is 0 Å². The molecule has 3 rings (SSSR count). The summed E-state index contributed by atoms with van der Waals surface area (Å²) in [6.07, 6.45) is 3.32. The zero-order valence-electron chi connectivity index (χ0n) is 14.3. The molecular formula is C21H17N3O2. The van der Waals surface area contributed by atoms with E-state index in [4.69, 9.17) is 4.74 Å². The van der Waals surface area contributed by atoms with Crippen molar-refractivity contribution in [3.8, 4) is 23.0 Å². The first-order valence-corrected chi connectivity index (χ1v) is 8.22. The van der Waals surface area contributed by atoms with Crippen LogP contribution in [0.1, 0.15) is 12.5 Å². The Hall–Kier alpha value is -3.65. The number of hydrogen-bond acceptors (Lipinski definition) is 4. The van der Waals surface area contributed by atoms with E-state index in [1.54, 1.807) is 17.8 Å². The van der Waals surface area contributed by atoms with Gasteiger partial charge in [-0.25, -0.2) is 9.48 Å². The number of aromatic nitrogens is 2. The van der Waals surface area contributed by atoms with Crippen LogP contribution in [0.5, 0.6) is 0 Å². The first-order valence-electron chi connectivity index (χ1n) is 8.22. The fourth-order valence-corrected chi connectivity index (χ4v) is 2.53. The molecule has 1 aromatic heterocycles. The van der Waals surface area contributed by atoms with Crippen molar-refractivity contribution < 1.29 is 9.53 Å². The Morgan fingerprint density at radius 3 is 2.42 bits per heavy atom. The lowest BCUT2D eigenvalue weighted by Gasteiger charge is -2.01. The summed E-state index contributed by atoms with van der Waals surface area (Å²) >= 11 is 0. The minimum absolute atomic E-state index is 0.0587. The quantitative estimate of drug-likeness (QED) is 0.399. The van der Waals surface area contributed by atoms with Crippen LogP contribution in [-0.4, -0.2) is 22.4 Å². The first-order chi connectivity index (χ1) is 12.7. The summed E-state index contributed by atoms with van der Waals surface area (Å²) in [5.41, 5.74) is 3.08. The van der Waals surface area contributed by atoms with E-state index in [0.717, 1.165) is 11.3 Å². The van der Waals surface area contributed by atoms with E-state index < -0.39 is 5.97 Å². The Morgan fingerprint density at radius 1 is 1.15 bits per heavy atom. The monoisotopic (exact) mass is 343 g/mol. The number of benzene rings is 2. The maximum Gasteiger partial charge on any atom is 0.348 e. The van der Waals surface area contributed by atoms with Crippen LogP contribution in [-0.2, 0) is 9.53 Å². The lowest BCUT2D eigenvalue weighted by Crippen LogP contribution is -2.06. The van der Waals surface area contributed by atoms with Crippen molar-refractivity contribution in [2.45, 2.75) is 6.92 Å². The molecule has 128 valence electrons. The lowest BCUT2D eigenvalue weighted by molar-refractivity contribution is -0.137. The molecule has 0 aliphatic carbocycles. The lowest BCUT2D eigenvalue weighted by atomic mass is 10.1. The van der Waals surface area contributed by atoms with Crippen molar-refractivity contribution >= 4 is 12.0 Å². The Bertz CT molecular complexity index is 967. The molecule has 0 fully saturated rings. The van der Waals surface area contributed by atoms with E-state index in [0.29, 0.717) is 11.3 Å². The fourth-order valence-electron chi connectivity index (χ4n) is 2.53. The van der Waals surface area contributed by atoms with Crippen molar-refractivity contribution in [3.63, 3.8) is 0 Å². The van der Waals surface area contributed by atoms with Gasteiger partial charge in [0.05, 0.1) is 18.0 Å². The zero-order valence-corrected chi connectivity index (χ0v) is 14.3. The molecule has 3 aromatic rings. The Labute approximate surface area is 151 Å². The first kappa shape index (κ1) is 17.2. The van der Waals surface area contributed by atoms with E-state index in [1.807, 2.05) is 66.7 Å². The standard InChI is InChI=1S/C21H17N3O2/c1-2-26-21(25)17(14-22)13-18-15-24(19-11-7-4-8-12-19)23-20(18)16-9-5-3-6-10-16/h3-13,15H,2H2,1H3. The van der Waals surface area contributed by atoms with Gasteiger partial charge in [0.1, 0.15) is 11.6 Å². The number of nitriles is 1. The van der Waals surface area contributed by atoms with Gasteiger partial charge in [-0.05, 0) is 25.1 Å². The van der Waals surface area contributed by atoms with Gasteiger partial charge in [-0.3, -0.25) is 0 Å². The van der Waals surface area contributed by atoms with E-state index in [9.17, 15) is 10.1 Å². The summed E-state index contributed by atoms with van der Waals surface area (Å²) in [6, 6.07) is 21.2. The van der Waals surface area contributed by atoms with Crippen LogP contribution in [0.3, 0.4) is 0 Å². The molecule has 1 heterocycles. The highest BCUT2D eigenvalue weighted by Crippen LogP contribution is 2.25. The fraction of sp³-hybridized carbons (Fsp3) is 0.0952. The average Bonchev–Trinajstić information content (AvgIpc) is 3.11. The molecule has 5 nitrogen and oxygen atoms in total. The molecule has 0 atom stereocenters. The van der Waals surface area contributed by atoms with Crippen LogP contribution in [0.4, 0.5) is 0 Å². The second-order valence-corrected chi connectivity index (χ2v) is 5.47. The van der Waals surface area contributed by atoms with Crippen LogP contribution in [0, 0.1) is 11.3 Å². The van der Waals surface area contributed by atoms with Gasteiger partial charge in [0.2, 0.25) is 0 Å². The summed E-state index contributed by atoms with van der Waals surface area (Å²) in [5, 5.41) is 14.0. The highest BCUT2D eigenvalue weighted by Gasteiger charge is 2.15. The van der Waals surface area contributed by atoms with Crippen molar-refractivity contribution in [1.29, 1.82) is 5.26 Å². The molecule has 0 spiro atoms. The van der Waals surface area contributed by atoms with Gasteiger partial charge in [-0.2, -0.15) is 10.4 Å². The van der Waals surface area contributed by atoms with Crippen molar-refractivity contribution in [3.05, 3.63) is 78.0 Å². The van der Waals surface area contributed by atoms with Gasteiger partial charge in [0.25, 0.3) is 0 Å². The number of esters is 1. The molecule has 0 aliphatic heterocycles. The van der Waals surface area contributed by atoms with E-state index in [-0.39, 0.29) is 12.2 Å². The van der Waals surface area contributed by atoms with Gasteiger partial charge in [-0.15, -0.1) is 0 Å². The maximum atomic E-state index is 12.0. The maximum absolute atomic E-state index is 12.0. The number of rotatable bonds is 5. The summed E-state index contributed by atoms with van der Waals surface area (Å²) in [5.74, 6) is -0.638. The van der Waals surface area contributed by atoms with Gasteiger partial charge in [-0.1, -0.05) is 48.5 Å². The number of carbonyl (C=O) groups excluding carboxylic acids is 1. The van der Waals surface area contributed by atoms with E-state index >= 15 is 0 Å². The molecule has 0 radical (unpaired) electrons. The predicted molar refractivity (Wildman–Crippen MR) is 99.2 cm³/mol. The van der Waals surface area contributed by atoms with Crippen molar-refractivity contribution in [2.75, 3.05) is 6.61 Å². The molecule has 26 heavy (non-hydrogen) atoms. The topological polar surface area (TPSA) is 67.9 Å². The number of carbonyl (C=O) groups is 1. The van der Waals surface area contributed by atoms with Crippen LogP contribution in [0.25, 0.3) is 23.0 Å². The highest BCUT2D eigenvalue weighted by molar-refractivity contribution is 5.98. The highest BCUT2D eigenvalue weighted by atomic mass is 16.5. The molecule has 2 aromatic carbocycles. The predicted octanol–water partition coefficient (Wildman–Crippen LogP) is 4.01. The van der Waals surface area contributed by atoms with Gasteiger partial charge < -0.3 is 4.74 Å². The minimum atomic E-state index is -0.638. The normalized spacial score (nSPS) is 11.0. The third-order valence-corrected chi connectivity index (χ3v) is 3.73. The average molecular weight is 343 g/mol. The molecule has 0 N–H and O–H groups in total. The van der Waals surface area contributed by atoms with Gasteiger partial charge in [0, 0.05) is 17.3 Å². The second-order valence-electron chi connectivity index (χ2n) is 5.47.